The minimum atomic E-state index is -1.48. The van der Waals surface area contributed by atoms with Crippen molar-refractivity contribution in [3.05, 3.63) is 60.2 Å². The summed E-state index contributed by atoms with van der Waals surface area (Å²) in [5.74, 6) is -2.11. The van der Waals surface area contributed by atoms with Crippen molar-refractivity contribution in [1.82, 2.24) is 5.32 Å². The fourth-order valence-electron chi connectivity index (χ4n) is 4.00. The topological polar surface area (TPSA) is 108 Å². The molecule has 1 aliphatic heterocycles. The minimum Gasteiger partial charge on any atom is -0.478 e. The molecule has 1 amide bonds. The van der Waals surface area contributed by atoms with Crippen molar-refractivity contribution in [3.63, 3.8) is 0 Å². The van der Waals surface area contributed by atoms with Gasteiger partial charge in [0.25, 0.3) is 0 Å². The number of carbonyl (C=O) groups excluding carboxylic acids is 1. The summed E-state index contributed by atoms with van der Waals surface area (Å²) in [7, 11) is 3.46. The Morgan fingerprint density at radius 3 is 2.37 bits per heavy atom. The van der Waals surface area contributed by atoms with Gasteiger partial charge < -0.3 is 26.4 Å². The number of carboxylic acid groups (broad SMARTS) is 1. The van der Waals surface area contributed by atoms with Crippen molar-refractivity contribution in [2.24, 2.45) is 5.73 Å². The van der Waals surface area contributed by atoms with E-state index in [0.29, 0.717) is 0 Å². The lowest BCUT2D eigenvalue weighted by Gasteiger charge is -2.43. The average molecular weight is 368 g/mol. The first-order valence-corrected chi connectivity index (χ1v) is 8.76. The van der Waals surface area contributed by atoms with Crippen molar-refractivity contribution >= 4 is 23.3 Å². The van der Waals surface area contributed by atoms with E-state index in [2.05, 4.69) is 10.6 Å². The number of benzene rings is 2. The second kappa shape index (κ2) is 7.28. The van der Waals surface area contributed by atoms with Crippen LogP contribution in [0.4, 0.5) is 11.4 Å². The third kappa shape index (κ3) is 3.10. The number of nitrogens with zero attached hydrogens (tertiary/aromatic N) is 1. The van der Waals surface area contributed by atoms with Crippen molar-refractivity contribution in [1.29, 1.82) is 0 Å². The van der Waals surface area contributed by atoms with Crippen LogP contribution in [-0.2, 0) is 9.59 Å². The predicted molar refractivity (Wildman–Crippen MR) is 105 cm³/mol. The summed E-state index contributed by atoms with van der Waals surface area (Å²) >= 11 is 0. The minimum absolute atomic E-state index is 0.0109. The number of carboxylic acids is 1. The molecule has 0 fully saturated rings. The van der Waals surface area contributed by atoms with Crippen LogP contribution in [0.5, 0.6) is 0 Å². The molecule has 2 aromatic rings. The maximum atomic E-state index is 12.7. The maximum Gasteiger partial charge on any atom is 0.351 e. The van der Waals surface area contributed by atoms with E-state index in [4.69, 9.17) is 5.73 Å². The van der Waals surface area contributed by atoms with Gasteiger partial charge in [-0.2, -0.15) is 0 Å². The van der Waals surface area contributed by atoms with E-state index in [0.717, 1.165) is 16.9 Å². The van der Waals surface area contributed by atoms with Crippen LogP contribution >= 0.6 is 0 Å². The van der Waals surface area contributed by atoms with Crippen molar-refractivity contribution in [2.45, 2.75) is 24.0 Å². The van der Waals surface area contributed by atoms with Crippen LogP contribution in [0.2, 0.25) is 0 Å². The summed E-state index contributed by atoms with van der Waals surface area (Å²) in [6.45, 7) is 0. The van der Waals surface area contributed by atoms with Crippen LogP contribution in [-0.4, -0.2) is 42.8 Å². The van der Waals surface area contributed by atoms with Crippen molar-refractivity contribution < 1.29 is 14.7 Å². The molecule has 0 radical (unpaired) electrons. The highest BCUT2D eigenvalue weighted by Gasteiger charge is 2.56. The third-order valence-corrected chi connectivity index (χ3v) is 5.25. The fourth-order valence-corrected chi connectivity index (χ4v) is 4.00. The average Bonchev–Trinajstić information content (AvgIpc) is 2.96. The number of rotatable bonds is 7. The predicted octanol–water partition coefficient (Wildman–Crippen LogP) is 1.58. The second-order valence-electron chi connectivity index (χ2n) is 6.73. The molecule has 7 nitrogen and oxygen atoms in total. The van der Waals surface area contributed by atoms with E-state index in [-0.39, 0.29) is 6.42 Å². The van der Waals surface area contributed by atoms with Gasteiger partial charge in [0.15, 0.2) is 0 Å². The van der Waals surface area contributed by atoms with Gasteiger partial charge in [-0.15, -0.1) is 0 Å². The second-order valence-corrected chi connectivity index (χ2v) is 6.73. The van der Waals surface area contributed by atoms with E-state index < -0.39 is 29.5 Å². The molecule has 0 saturated heterocycles. The van der Waals surface area contributed by atoms with Crippen LogP contribution in [0.25, 0.3) is 0 Å². The Balaban J connectivity index is 2.19. The molecular weight excluding hydrogens is 344 g/mol. The first kappa shape index (κ1) is 18.7. The highest BCUT2D eigenvalue weighted by molar-refractivity contribution is 5.95. The Morgan fingerprint density at radius 2 is 1.81 bits per heavy atom. The largest absolute Gasteiger partial charge is 0.478 e. The van der Waals surface area contributed by atoms with Gasteiger partial charge >= 0.3 is 5.97 Å². The monoisotopic (exact) mass is 368 g/mol. The number of likely N-dealkylation sites (N-methyl/N-ethyl adjacent to an activating group) is 2. The van der Waals surface area contributed by atoms with E-state index in [1.54, 1.807) is 19.0 Å². The first-order chi connectivity index (χ1) is 12.9. The summed E-state index contributed by atoms with van der Waals surface area (Å²) in [6, 6.07) is 16.3. The smallest absolute Gasteiger partial charge is 0.351 e. The van der Waals surface area contributed by atoms with Crippen LogP contribution in [0, 0.1) is 0 Å². The van der Waals surface area contributed by atoms with Crippen molar-refractivity contribution in [2.75, 3.05) is 24.3 Å². The number of anilines is 2. The number of nitrogens with one attached hydrogen (secondary N) is 2. The van der Waals surface area contributed by atoms with Gasteiger partial charge in [-0.3, -0.25) is 4.79 Å². The summed E-state index contributed by atoms with van der Waals surface area (Å²) in [5.41, 5.74) is 6.30. The molecule has 0 aromatic heterocycles. The van der Waals surface area contributed by atoms with Crippen LogP contribution < -0.4 is 21.3 Å². The molecule has 0 saturated carbocycles. The lowest BCUT2D eigenvalue weighted by molar-refractivity contribution is -0.143. The van der Waals surface area contributed by atoms with Crippen molar-refractivity contribution in [3.8, 4) is 0 Å². The Bertz CT molecular complexity index is 842. The highest BCUT2D eigenvalue weighted by Crippen LogP contribution is 2.47. The SMILES string of the molecule is CNC(CC(N)=O)C(c1ccccc1)C1(C(=O)O)Nc2ccccc2N1C. The molecule has 3 atom stereocenters. The van der Waals surface area contributed by atoms with Gasteiger partial charge in [0, 0.05) is 19.5 Å². The number of hydrogen-bond acceptors (Lipinski definition) is 5. The Hall–Kier alpha value is -3.06. The molecule has 0 aliphatic carbocycles. The van der Waals surface area contributed by atoms with Gasteiger partial charge in [-0.25, -0.2) is 4.79 Å². The fraction of sp³-hybridized carbons (Fsp3) is 0.300. The van der Waals surface area contributed by atoms with Crippen LogP contribution in [0.15, 0.2) is 54.6 Å². The standard InChI is InChI=1S/C20H24N4O3/c1-22-15(12-17(21)25)18(13-8-4-3-5-9-13)20(19(26)27)23-14-10-6-7-11-16(14)24(20)2/h3-11,15,18,22-23H,12H2,1-2H3,(H2,21,25)(H,26,27). The Morgan fingerprint density at radius 1 is 1.19 bits per heavy atom. The molecule has 1 aliphatic rings. The molecule has 142 valence electrons. The lowest BCUT2D eigenvalue weighted by Crippen LogP contribution is -2.64. The van der Waals surface area contributed by atoms with E-state index in [1.165, 1.54) is 0 Å². The maximum absolute atomic E-state index is 12.7. The Labute approximate surface area is 158 Å². The molecule has 2 aromatic carbocycles. The van der Waals surface area contributed by atoms with Crippen LogP contribution in [0.3, 0.4) is 0 Å². The summed E-state index contributed by atoms with van der Waals surface area (Å²) in [6.07, 6.45) is 0.0109. The van der Waals surface area contributed by atoms with Gasteiger partial charge in [0.05, 0.1) is 17.3 Å². The lowest BCUT2D eigenvalue weighted by atomic mass is 9.78. The zero-order valence-corrected chi connectivity index (χ0v) is 15.3. The molecule has 1 heterocycles. The Kier molecular flexibility index (Phi) is 5.05. The summed E-state index contributed by atoms with van der Waals surface area (Å²) < 4.78 is 0. The van der Waals surface area contributed by atoms with Gasteiger partial charge in [-0.05, 0) is 24.7 Å². The number of nitrogens with two attached hydrogens (primary N) is 1. The number of carbonyl (C=O) groups is 2. The number of primary amides is 1. The molecule has 5 N–H and O–H groups in total. The molecule has 27 heavy (non-hydrogen) atoms. The molecule has 7 heteroatoms. The quantitative estimate of drug-likeness (QED) is 0.591. The van der Waals surface area contributed by atoms with Gasteiger partial charge in [0.1, 0.15) is 0 Å². The third-order valence-electron chi connectivity index (χ3n) is 5.25. The van der Waals surface area contributed by atoms with E-state index in [1.807, 2.05) is 54.6 Å². The number of fused-ring (bicyclic) bond motifs is 1. The van der Waals surface area contributed by atoms with Gasteiger partial charge in [0.2, 0.25) is 11.6 Å². The highest BCUT2D eigenvalue weighted by atomic mass is 16.4. The summed E-state index contributed by atoms with van der Waals surface area (Å²) in [4.78, 5) is 26.1. The van der Waals surface area contributed by atoms with E-state index in [9.17, 15) is 14.7 Å². The normalized spacial score (nSPS) is 20.4. The van der Waals surface area contributed by atoms with E-state index >= 15 is 0 Å². The zero-order chi connectivity index (χ0) is 19.6. The molecule has 3 rings (SSSR count). The number of para-hydroxylation sites is 2. The van der Waals surface area contributed by atoms with Crippen LogP contribution in [0.1, 0.15) is 17.9 Å². The zero-order valence-electron chi connectivity index (χ0n) is 15.3. The molecular formula is C20H24N4O3. The number of hydrogen-bond donors (Lipinski definition) is 4. The molecule has 3 unspecified atom stereocenters. The molecule has 0 spiro atoms. The number of aliphatic carboxylic acids is 1. The van der Waals surface area contributed by atoms with Gasteiger partial charge in [-0.1, -0.05) is 42.5 Å². The molecule has 0 bridgehead atoms. The number of amides is 1. The summed E-state index contributed by atoms with van der Waals surface area (Å²) in [5, 5.41) is 16.7. The first-order valence-electron chi connectivity index (χ1n) is 8.76.